The molecule has 1 atom stereocenters. The Morgan fingerprint density at radius 1 is 1.45 bits per heavy atom. The third-order valence-electron chi connectivity index (χ3n) is 3.06. The van der Waals surface area contributed by atoms with E-state index in [-0.39, 0.29) is 5.15 Å². The molecule has 2 N–H and O–H groups in total. The van der Waals surface area contributed by atoms with Crippen LogP contribution in [0.15, 0.2) is 30.3 Å². The molecule has 0 radical (unpaired) electrons. The zero-order valence-corrected chi connectivity index (χ0v) is 12.5. The number of hydrogen-bond donors (Lipinski definition) is 2. The molecule has 1 unspecified atom stereocenters. The Hall–Kier alpha value is -1.61. The second-order valence-corrected chi connectivity index (χ2v) is 5.74. The summed E-state index contributed by atoms with van der Waals surface area (Å²) in [7, 11) is 0. The molecule has 0 aliphatic carbocycles. The zero-order chi connectivity index (χ0) is 14.6. The molecule has 0 fully saturated rings. The molecule has 0 bridgehead atoms. The van der Waals surface area contributed by atoms with Gasteiger partial charge in [-0.25, -0.2) is 0 Å². The van der Waals surface area contributed by atoms with Crippen LogP contribution < -0.4 is 5.32 Å². The van der Waals surface area contributed by atoms with Crippen molar-refractivity contribution in [1.29, 1.82) is 5.26 Å². The van der Waals surface area contributed by atoms with E-state index in [1.807, 2.05) is 36.4 Å². The molecule has 1 heterocycles. The fourth-order valence-corrected chi connectivity index (χ4v) is 2.81. The Labute approximate surface area is 126 Å². The van der Waals surface area contributed by atoms with E-state index in [0.29, 0.717) is 23.5 Å². The normalized spacial score (nSPS) is 13.5. The van der Waals surface area contributed by atoms with Crippen molar-refractivity contribution in [3.05, 3.63) is 46.6 Å². The topological polar surface area (TPSA) is 68.9 Å². The van der Waals surface area contributed by atoms with E-state index in [4.69, 9.17) is 16.9 Å². The highest BCUT2D eigenvalue weighted by Crippen LogP contribution is 2.29. The van der Waals surface area contributed by atoms with E-state index < -0.39 is 5.60 Å². The average molecular weight is 308 g/mol. The second kappa shape index (κ2) is 6.23. The van der Waals surface area contributed by atoms with E-state index in [1.54, 1.807) is 6.92 Å². The molecular weight excluding hydrogens is 294 g/mol. The molecule has 4 nitrogen and oxygen atoms in total. The first kappa shape index (κ1) is 14.8. The number of rotatable bonds is 5. The molecule has 0 aliphatic rings. The van der Waals surface area contributed by atoms with Crippen LogP contribution in [0.25, 0.3) is 0 Å². The van der Waals surface area contributed by atoms with Gasteiger partial charge in [-0.2, -0.15) is 9.64 Å². The minimum atomic E-state index is -0.921. The largest absolute Gasteiger partial charge is 0.385 e. The summed E-state index contributed by atoms with van der Waals surface area (Å²) in [5.74, 6) is 0. The lowest BCUT2D eigenvalue weighted by molar-refractivity contribution is 0.0515. The number of halogens is 1. The highest BCUT2D eigenvalue weighted by atomic mass is 35.5. The average Bonchev–Trinajstić information content (AvgIpc) is 2.80. The fourth-order valence-electron chi connectivity index (χ4n) is 1.85. The summed E-state index contributed by atoms with van der Waals surface area (Å²) in [5, 5.41) is 23.4. The Kier molecular flexibility index (Phi) is 4.61. The third-order valence-corrected chi connectivity index (χ3v) is 4.23. The van der Waals surface area contributed by atoms with Gasteiger partial charge in [0.15, 0.2) is 5.15 Å². The molecule has 0 saturated heterocycles. The summed E-state index contributed by atoms with van der Waals surface area (Å²) in [4.78, 5) is 0. The Morgan fingerprint density at radius 3 is 2.80 bits per heavy atom. The van der Waals surface area contributed by atoms with Crippen molar-refractivity contribution in [1.82, 2.24) is 4.37 Å². The number of nitrogens with zero attached hydrogens (tertiary/aromatic N) is 2. The van der Waals surface area contributed by atoms with Crippen LogP contribution in [0.1, 0.15) is 24.5 Å². The predicted molar refractivity (Wildman–Crippen MR) is 81.0 cm³/mol. The second-order valence-electron chi connectivity index (χ2n) is 4.61. The van der Waals surface area contributed by atoms with Crippen molar-refractivity contribution in [2.24, 2.45) is 0 Å². The highest BCUT2D eigenvalue weighted by molar-refractivity contribution is 7.10. The predicted octanol–water partition coefficient (Wildman–Crippen LogP) is 3.38. The van der Waals surface area contributed by atoms with Gasteiger partial charge in [0.05, 0.1) is 5.60 Å². The summed E-state index contributed by atoms with van der Waals surface area (Å²) in [5.41, 5.74) is 0.302. The van der Waals surface area contributed by atoms with Crippen LogP contribution in [0.2, 0.25) is 5.15 Å². The Morgan fingerprint density at radius 2 is 2.15 bits per heavy atom. The molecule has 6 heteroatoms. The quantitative estimate of drug-likeness (QED) is 0.888. The van der Waals surface area contributed by atoms with E-state index in [0.717, 1.165) is 17.1 Å². The molecule has 0 saturated carbocycles. The monoisotopic (exact) mass is 307 g/mol. The van der Waals surface area contributed by atoms with Crippen LogP contribution in [0, 0.1) is 11.3 Å². The van der Waals surface area contributed by atoms with E-state index >= 15 is 0 Å². The molecule has 1 aromatic heterocycles. The summed E-state index contributed by atoms with van der Waals surface area (Å²) < 4.78 is 3.92. The molecule has 2 rings (SSSR count). The van der Waals surface area contributed by atoms with Gasteiger partial charge in [0.1, 0.15) is 16.6 Å². The van der Waals surface area contributed by atoms with Crippen molar-refractivity contribution in [3.8, 4) is 6.07 Å². The molecule has 0 spiro atoms. The molecule has 20 heavy (non-hydrogen) atoms. The van der Waals surface area contributed by atoms with Crippen LogP contribution in [0.3, 0.4) is 0 Å². The van der Waals surface area contributed by atoms with Crippen molar-refractivity contribution in [3.63, 3.8) is 0 Å². The minimum Gasteiger partial charge on any atom is -0.385 e. The first-order chi connectivity index (χ1) is 9.54. The molecule has 104 valence electrons. The smallest absolute Gasteiger partial charge is 0.162 e. The van der Waals surface area contributed by atoms with Gasteiger partial charge in [0, 0.05) is 6.54 Å². The lowest BCUT2D eigenvalue weighted by Gasteiger charge is -2.24. The summed E-state index contributed by atoms with van der Waals surface area (Å²) in [6.07, 6.45) is 0.511. The van der Waals surface area contributed by atoms with E-state index in [1.165, 1.54) is 0 Å². The van der Waals surface area contributed by atoms with Crippen LogP contribution in [-0.2, 0) is 5.60 Å². The van der Waals surface area contributed by atoms with Crippen LogP contribution >= 0.6 is 23.1 Å². The first-order valence-electron chi connectivity index (χ1n) is 6.11. The van der Waals surface area contributed by atoms with Gasteiger partial charge in [-0.15, -0.1) is 0 Å². The van der Waals surface area contributed by atoms with E-state index in [9.17, 15) is 5.11 Å². The van der Waals surface area contributed by atoms with Crippen LogP contribution in [0.4, 0.5) is 5.00 Å². The first-order valence-corrected chi connectivity index (χ1v) is 7.27. The molecule has 2 aromatic rings. The standard InChI is InChI=1S/C14H14ClN3OS/c1-14(19,10-5-3-2-4-6-10)7-8-17-13-11(9-16)12(15)18-20-13/h2-6,17,19H,7-8H2,1H3. The van der Waals surface area contributed by atoms with Crippen molar-refractivity contribution in [2.45, 2.75) is 18.9 Å². The number of benzene rings is 1. The SMILES string of the molecule is CC(O)(CCNc1snc(Cl)c1C#N)c1ccccc1. The van der Waals surface area contributed by atoms with Gasteiger partial charge in [-0.05, 0) is 30.4 Å². The van der Waals surface area contributed by atoms with Gasteiger partial charge < -0.3 is 10.4 Å². The van der Waals surface area contributed by atoms with Gasteiger partial charge in [-0.1, -0.05) is 41.9 Å². The number of aliphatic hydroxyl groups is 1. The molecule has 1 aromatic carbocycles. The van der Waals surface area contributed by atoms with Crippen molar-refractivity contribution >= 4 is 28.1 Å². The summed E-state index contributed by atoms with van der Waals surface area (Å²) in [6, 6.07) is 11.5. The lowest BCUT2D eigenvalue weighted by Crippen LogP contribution is -2.24. The number of anilines is 1. The Balaban J connectivity index is 1.98. The minimum absolute atomic E-state index is 0.217. The van der Waals surface area contributed by atoms with E-state index in [2.05, 4.69) is 9.69 Å². The molecule has 0 amide bonds. The number of nitriles is 1. The number of aromatic nitrogens is 1. The van der Waals surface area contributed by atoms with Crippen molar-refractivity contribution < 1.29 is 5.11 Å². The highest BCUT2D eigenvalue weighted by Gasteiger charge is 2.22. The number of nitrogens with one attached hydrogen (secondary N) is 1. The van der Waals surface area contributed by atoms with Gasteiger partial charge >= 0.3 is 0 Å². The van der Waals surface area contributed by atoms with Crippen LogP contribution in [0.5, 0.6) is 0 Å². The lowest BCUT2D eigenvalue weighted by atomic mass is 9.93. The van der Waals surface area contributed by atoms with Crippen LogP contribution in [-0.4, -0.2) is 16.0 Å². The zero-order valence-electron chi connectivity index (χ0n) is 10.9. The Bertz CT molecular complexity index is 619. The van der Waals surface area contributed by atoms with Gasteiger partial charge in [-0.3, -0.25) is 0 Å². The summed E-state index contributed by atoms with van der Waals surface area (Å²) >= 11 is 6.95. The molecular formula is C14H14ClN3OS. The number of hydrogen-bond acceptors (Lipinski definition) is 5. The van der Waals surface area contributed by atoms with Crippen molar-refractivity contribution in [2.75, 3.05) is 11.9 Å². The maximum Gasteiger partial charge on any atom is 0.162 e. The maximum absolute atomic E-state index is 10.5. The maximum atomic E-state index is 10.5. The molecule has 0 aliphatic heterocycles. The third kappa shape index (κ3) is 3.28. The van der Waals surface area contributed by atoms with Gasteiger partial charge in [0.2, 0.25) is 0 Å². The summed E-state index contributed by atoms with van der Waals surface area (Å²) in [6.45, 7) is 2.30. The van der Waals surface area contributed by atoms with Gasteiger partial charge in [0.25, 0.3) is 0 Å². The fraction of sp³-hybridized carbons (Fsp3) is 0.286.